The van der Waals surface area contributed by atoms with Crippen molar-refractivity contribution in [3.05, 3.63) is 53.2 Å². The van der Waals surface area contributed by atoms with Crippen LogP contribution in [0.25, 0.3) is 0 Å². The van der Waals surface area contributed by atoms with Crippen molar-refractivity contribution in [3.63, 3.8) is 0 Å². The second-order valence-corrected chi connectivity index (χ2v) is 4.54. The van der Waals surface area contributed by atoms with E-state index in [4.69, 9.17) is 5.73 Å². The van der Waals surface area contributed by atoms with Gasteiger partial charge in [-0.2, -0.15) is 5.26 Å². The summed E-state index contributed by atoms with van der Waals surface area (Å²) in [4.78, 5) is 6.26. The third kappa shape index (κ3) is 2.83. The van der Waals surface area contributed by atoms with Gasteiger partial charge in [-0.3, -0.25) is 0 Å². The van der Waals surface area contributed by atoms with Gasteiger partial charge in [0.05, 0.1) is 5.56 Å². The van der Waals surface area contributed by atoms with Crippen LogP contribution in [0.3, 0.4) is 0 Å². The van der Waals surface area contributed by atoms with Crippen molar-refractivity contribution in [2.24, 2.45) is 0 Å². The summed E-state index contributed by atoms with van der Waals surface area (Å²) < 4.78 is 0. The standard InChI is InChI=1S/C15H16N4/c1-11-6-7-18-15(14(11)9-16)19(2)10-12-4-3-5-13(17)8-12/h3-8H,10,17H2,1-2H3. The third-order valence-corrected chi connectivity index (χ3v) is 2.98. The number of rotatable bonds is 3. The van der Waals surface area contributed by atoms with Crippen LogP contribution in [0.2, 0.25) is 0 Å². The molecule has 4 heteroatoms. The number of nitrogens with two attached hydrogens (primary N) is 1. The first kappa shape index (κ1) is 12.9. The van der Waals surface area contributed by atoms with Crippen LogP contribution in [-0.4, -0.2) is 12.0 Å². The van der Waals surface area contributed by atoms with Crippen LogP contribution in [0.15, 0.2) is 36.5 Å². The first-order valence-corrected chi connectivity index (χ1v) is 6.03. The molecule has 0 aliphatic rings. The minimum absolute atomic E-state index is 0.619. The van der Waals surface area contributed by atoms with E-state index in [-0.39, 0.29) is 0 Å². The Labute approximate surface area is 113 Å². The normalized spacial score (nSPS) is 9.95. The highest BCUT2D eigenvalue weighted by Crippen LogP contribution is 2.20. The Balaban J connectivity index is 2.28. The van der Waals surface area contributed by atoms with Gasteiger partial charge in [0.15, 0.2) is 0 Å². The zero-order valence-electron chi connectivity index (χ0n) is 11.1. The highest BCUT2D eigenvalue weighted by Gasteiger charge is 2.11. The van der Waals surface area contributed by atoms with Gasteiger partial charge in [0.25, 0.3) is 0 Å². The Hall–Kier alpha value is -2.54. The summed E-state index contributed by atoms with van der Waals surface area (Å²) in [6, 6.07) is 11.8. The molecule has 2 aromatic rings. The molecule has 0 atom stereocenters. The minimum Gasteiger partial charge on any atom is -0.399 e. The topological polar surface area (TPSA) is 65.9 Å². The molecule has 1 aromatic carbocycles. The van der Waals surface area contributed by atoms with Gasteiger partial charge in [-0.05, 0) is 36.2 Å². The summed E-state index contributed by atoms with van der Waals surface area (Å²) in [5.41, 5.74) is 9.15. The lowest BCUT2D eigenvalue weighted by Crippen LogP contribution is -2.19. The number of anilines is 2. The monoisotopic (exact) mass is 252 g/mol. The molecule has 4 nitrogen and oxygen atoms in total. The second kappa shape index (κ2) is 5.40. The Morgan fingerprint density at radius 1 is 1.37 bits per heavy atom. The zero-order chi connectivity index (χ0) is 13.8. The average molecular weight is 252 g/mol. The molecule has 2 rings (SSSR count). The van der Waals surface area contributed by atoms with Crippen LogP contribution < -0.4 is 10.6 Å². The smallest absolute Gasteiger partial charge is 0.146 e. The predicted molar refractivity (Wildman–Crippen MR) is 76.7 cm³/mol. The lowest BCUT2D eigenvalue weighted by molar-refractivity contribution is 0.893. The summed E-state index contributed by atoms with van der Waals surface area (Å²) in [5, 5.41) is 9.22. The molecular formula is C15H16N4. The molecule has 0 saturated carbocycles. The van der Waals surface area contributed by atoms with Crippen molar-refractivity contribution < 1.29 is 0 Å². The number of aromatic nitrogens is 1. The number of nitrogen functional groups attached to an aromatic ring is 1. The SMILES string of the molecule is Cc1ccnc(N(C)Cc2cccc(N)c2)c1C#N. The molecule has 0 spiro atoms. The number of pyridine rings is 1. The minimum atomic E-state index is 0.619. The molecule has 0 saturated heterocycles. The van der Waals surface area contributed by atoms with Crippen molar-refractivity contribution in [1.29, 1.82) is 5.26 Å². The van der Waals surface area contributed by atoms with Crippen molar-refractivity contribution in [2.75, 3.05) is 17.7 Å². The van der Waals surface area contributed by atoms with E-state index in [9.17, 15) is 5.26 Å². The molecule has 0 aliphatic carbocycles. The van der Waals surface area contributed by atoms with Gasteiger partial charge in [-0.1, -0.05) is 12.1 Å². The largest absolute Gasteiger partial charge is 0.399 e. The van der Waals surface area contributed by atoms with Crippen molar-refractivity contribution >= 4 is 11.5 Å². The summed E-state index contributed by atoms with van der Waals surface area (Å²) in [5.74, 6) is 0.699. The zero-order valence-corrected chi connectivity index (χ0v) is 11.1. The molecule has 96 valence electrons. The summed E-state index contributed by atoms with van der Waals surface area (Å²) in [6.07, 6.45) is 1.72. The molecule has 0 fully saturated rings. The van der Waals surface area contributed by atoms with Crippen molar-refractivity contribution in [1.82, 2.24) is 4.98 Å². The van der Waals surface area contributed by atoms with E-state index in [0.29, 0.717) is 17.9 Å². The van der Waals surface area contributed by atoms with E-state index in [1.165, 1.54) is 0 Å². The van der Waals surface area contributed by atoms with Gasteiger partial charge in [0, 0.05) is 25.5 Å². The predicted octanol–water partition coefficient (Wildman–Crippen LogP) is 2.48. The lowest BCUT2D eigenvalue weighted by Gasteiger charge is -2.20. The fourth-order valence-electron chi connectivity index (χ4n) is 2.01. The maximum atomic E-state index is 9.22. The third-order valence-electron chi connectivity index (χ3n) is 2.98. The molecule has 0 amide bonds. The molecule has 1 aromatic heterocycles. The van der Waals surface area contributed by atoms with Crippen LogP contribution >= 0.6 is 0 Å². The van der Waals surface area contributed by atoms with Gasteiger partial charge in [-0.25, -0.2) is 4.98 Å². The van der Waals surface area contributed by atoms with E-state index < -0.39 is 0 Å². The Kier molecular flexibility index (Phi) is 3.67. The van der Waals surface area contributed by atoms with E-state index >= 15 is 0 Å². The number of hydrogen-bond donors (Lipinski definition) is 1. The second-order valence-electron chi connectivity index (χ2n) is 4.54. The highest BCUT2D eigenvalue weighted by molar-refractivity contribution is 5.57. The average Bonchev–Trinajstić information content (AvgIpc) is 2.38. The fraction of sp³-hybridized carbons (Fsp3) is 0.200. The quantitative estimate of drug-likeness (QED) is 0.852. The summed E-state index contributed by atoms with van der Waals surface area (Å²) >= 11 is 0. The van der Waals surface area contributed by atoms with E-state index in [0.717, 1.165) is 16.8 Å². The molecule has 19 heavy (non-hydrogen) atoms. The molecular weight excluding hydrogens is 236 g/mol. The molecule has 2 N–H and O–H groups in total. The summed E-state index contributed by atoms with van der Waals surface area (Å²) in [7, 11) is 1.92. The number of benzene rings is 1. The molecule has 0 bridgehead atoms. The van der Waals surface area contributed by atoms with Gasteiger partial charge >= 0.3 is 0 Å². The Bertz CT molecular complexity index is 628. The van der Waals surface area contributed by atoms with Crippen molar-refractivity contribution in [3.8, 4) is 6.07 Å². The van der Waals surface area contributed by atoms with Crippen LogP contribution in [0.5, 0.6) is 0 Å². The number of nitriles is 1. The van der Waals surface area contributed by atoms with Gasteiger partial charge in [0.1, 0.15) is 11.9 Å². The van der Waals surface area contributed by atoms with E-state index in [1.54, 1.807) is 6.20 Å². The first-order chi connectivity index (χ1) is 9.11. The first-order valence-electron chi connectivity index (χ1n) is 6.03. The maximum Gasteiger partial charge on any atom is 0.146 e. The Morgan fingerprint density at radius 2 is 2.16 bits per heavy atom. The number of hydrogen-bond acceptors (Lipinski definition) is 4. The highest BCUT2D eigenvalue weighted by atomic mass is 15.2. The van der Waals surface area contributed by atoms with Crippen LogP contribution in [-0.2, 0) is 6.54 Å². The Morgan fingerprint density at radius 3 is 2.84 bits per heavy atom. The van der Waals surface area contributed by atoms with Gasteiger partial charge < -0.3 is 10.6 Å². The van der Waals surface area contributed by atoms with Crippen LogP contribution in [0.4, 0.5) is 11.5 Å². The van der Waals surface area contributed by atoms with Crippen LogP contribution in [0.1, 0.15) is 16.7 Å². The molecule has 1 heterocycles. The van der Waals surface area contributed by atoms with Gasteiger partial charge in [-0.15, -0.1) is 0 Å². The van der Waals surface area contributed by atoms with Crippen molar-refractivity contribution in [2.45, 2.75) is 13.5 Å². The molecule has 0 radical (unpaired) electrons. The summed E-state index contributed by atoms with van der Waals surface area (Å²) in [6.45, 7) is 2.58. The number of aryl methyl sites for hydroxylation is 1. The van der Waals surface area contributed by atoms with Crippen LogP contribution in [0, 0.1) is 18.3 Å². The van der Waals surface area contributed by atoms with E-state index in [1.807, 2.05) is 49.2 Å². The molecule has 0 aliphatic heterocycles. The maximum absolute atomic E-state index is 9.22. The molecule has 0 unspecified atom stereocenters. The lowest BCUT2D eigenvalue weighted by atomic mass is 10.1. The van der Waals surface area contributed by atoms with Gasteiger partial charge in [0.2, 0.25) is 0 Å². The van der Waals surface area contributed by atoms with E-state index in [2.05, 4.69) is 11.1 Å². The fourth-order valence-corrected chi connectivity index (χ4v) is 2.01. The number of nitrogens with zero attached hydrogens (tertiary/aromatic N) is 3.